The van der Waals surface area contributed by atoms with E-state index in [0.717, 1.165) is 18.4 Å². The number of carbonyl (C=O) groups excluding carboxylic acids is 1. The summed E-state index contributed by atoms with van der Waals surface area (Å²) in [5.41, 5.74) is 1.29. The van der Waals surface area contributed by atoms with Gasteiger partial charge in [-0.05, 0) is 36.5 Å². The Bertz CT molecular complexity index is 420. The van der Waals surface area contributed by atoms with Gasteiger partial charge in [-0.3, -0.25) is 4.79 Å². The van der Waals surface area contributed by atoms with Gasteiger partial charge >= 0.3 is 0 Å². The lowest BCUT2D eigenvalue weighted by molar-refractivity contribution is 0.102. The molecule has 1 aliphatic carbocycles. The molecule has 1 aromatic carbocycles. The van der Waals surface area contributed by atoms with Crippen LogP contribution in [-0.2, 0) is 0 Å². The third-order valence-corrected chi connectivity index (χ3v) is 2.84. The topological polar surface area (TPSA) is 17.1 Å². The maximum absolute atomic E-state index is 12.9. The summed E-state index contributed by atoms with van der Waals surface area (Å²) in [5, 5.41) is 0. The Morgan fingerprint density at radius 1 is 1.47 bits per heavy atom. The maximum Gasteiger partial charge on any atom is 0.189 e. The third kappa shape index (κ3) is 1.99. The first-order chi connectivity index (χ1) is 7.18. The molecule has 1 aromatic rings. The molecule has 1 aliphatic rings. The van der Waals surface area contributed by atoms with Gasteiger partial charge < -0.3 is 0 Å². The molecule has 15 heavy (non-hydrogen) atoms. The van der Waals surface area contributed by atoms with Gasteiger partial charge in [0.2, 0.25) is 0 Å². The molecule has 78 valence electrons. The van der Waals surface area contributed by atoms with Crippen LogP contribution in [0.15, 0.2) is 35.9 Å². The first-order valence-corrected chi connectivity index (χ1v) is 5.19. The number of hydrogen-bond acceptors (Lipinski definition) is 1. The van der Waals surface area contributed by atoms with Gasteiger partial charge in [0.05, 0.1) is 0 Å². The SMILES string of the molecule is CC1CCC=C1C(=O)c1cccc(F)c1. The fourth-order valence-electron chi connectivity index (χ4n) is 1.96. The molecule has 0 heterocycles. The molecule has 0 fully saturated rings. The lowest BCUT2D eigenvalue weighted by Crippen LogP contribution is -2.07. The zero-order valence-electron chi connectivity index (χ0n) is 8.66. The van der Waals surface area contributed by atoms with Gasteiger partial charge in [-0.25, -0.2) is 4.39 Å². The minimum atomic E-state index is -0.355. The second-order valence-electron chi connectivity index (χ2n) is 3.98. The van der Waals surface area contributed by atoms with Crippen LogP contribution >= 0.6 is 0 Å². The number of ketones is 1. The van der Waals surface area contributed by atoms with E-state index in [4.69, 9.17) is 0 Å². The third-order valence-electron chi connectivity index (χ3n) is 2.84. The smallest absolute Gasteiger partial charge is 0.189 e. The molecule has 0 N–H and O–H groups in total. The van der Waals surface area contributed by atoms with Gasteiger partial charge in [0.25, 0.3) is 0 Å². The lowest BCUT2D eigenvalue weighted by Gasteiger charge is -2.07. The Kier molecular flexibility index (Phi) is 2.67. The van der Waals surface area contributed by atoms with Crippen LogP contribution < -0.4 is 0 Å². The van der Waals surface area contributed by atoms with E-state index in [1.54, 1.807) is 12.1 Å². The molecule has 0 bridgehead atoms. The molecule has 0 amide bonds. The normalized spacial score (nSPS) is 20.1. The molecule has 0 radical (unpaired) electrons. The van der Waals surface area contributed by atoms with Crippen LogP contribution in [0.25, 0.3) is 0 Å². The van der Waals surface area contributed by atoms with Gasteiger partial charge in [0, 0.05) is 5.56 Å². The summed E-state index contributed by atoms with van der Waals surface area (Å²) in [6.07, 6.45) is 3.95. The molecule has 0 spiro atoms. The van der Waals surface area contributed by atoms with Crippen molar-refractivity contribution in [1.82, 2.24) is 0 Å². The summed E-state index contributed by atoms with van der Waals surface area (Å²) in [6, 6.07) is 5.89. The molecule has 1 atom stereocenters. The lowest BCUT2D eigenvalue weighted by atomic mass is 9.96. The van der Waals surface area contributed by atoms with Crippen LogP contribution in [0.3, 0.4) is 0 Å². The maximum atomic E-state index is 12.9. The van der Waals surface area contributed by atoms with Crippen molar-refractivity contribution in [3.05, 3.63) is 47.3 Å². The molecule has 0 aliphatic heterocycles. The van der Waals surface area contributed by atoms with Crippen molar-refractivity contribution in [2.24, 2.45) is 5.92 Å². The summed E-state index contributed by atoms with van der Waals surface area (Å²) >= 11 is 0. The molecule has 1 unspecified atom stereocenters. The van der Waals surface area contributed by atoms with E-state index < -0.39 is 0 Å². The van der Waals surface area contributed by atoms with Crippen LogP contribution in [0.4, 0.5) is 4.39 Å². The van der Waals surface area contributed by atoms with Gasteiger partial charge in [-0.15, -0.1) is 0 Å². The minimum absolute atomic E-state index is 0.0282. The van der Waals surface area contributed by atoms with Gasteiger partial charge in [-0.2, -0.15) is 0 Å². The zero-order chi connectivity index (χ0) is 10.8. The van der Waals surface area contributed by atoms with Crippen molar-refractivity contribution < 1.29 is 9.18 Å². The van der Waals surface area contributed by atoms with Gasteiger partial charge in [-0.1, -0.05) is 25.1 Å². The Balaban J connectivity index is 2.28. The number of Topliss-reactive ketones (excluding diaryl/α,β-unsaturated/α-hetero) is 1. The molecular weight excluding hydrogens is 191 g/mol. The number of benzene rings is 1. The Morgan fingerprint density at radius 3 is 2.87 bits per heavy atom. The standard InChI is InChI=1S/C13H13FO/c1-9-4-2-7-12(9)13(15)10-5-3-6-11(14)8-10/h3,5-9H,2,4H2,1H3. The first kappa shape index (κ1) is 10.1. The van der Waals surface area contributed by atoms with Crippen molar-refractivity contribution >= 4 is 5.78 Å². The molecule has 1 nitrogen and oxygen atoms in total. The van der Waals surface area contributed by atoms with Crippen molar-refractivity contribution in [3.8, 4) is 0 Å². The predicted octanol–water partition coefficient (Wildman–Crippen LogP) is 3.36. The van der Waals surface area contributed by atoms with Crippen molar-refractivity contribution in [1.29, 1.82) is 0 Å². The van der Waals surface area contributed by atoms with E-state index >= 15 is 0 Å². The Labute approximate surface area is 88.6 Å². The van der Waals surface area contributed by atoms with Crippen LogP contribution in [-0.4, -0.2) is 5.78 Å². The molecule has 2 rings (SSSR count). The average molecular weight is 204 g/mol. The number of hydrogen-bond donors (Lipinski definition) is 0. The van der Waals surface area contributed by atoms with Gasteiger partial charge in [0.15, 0.2) is 5.78 Å². The number of carbonyl (C=O) groups is 1. The van der Waals surface area contributed by atoms with Crippen molar-refractivity contribution in [2.75, 3.05) is 0 Å². The van der Waals surface area contributed by atoms with Crippen LogP contribution in [0.2, 0.25) is 0 Å². The minimum Gasteiger partial charge on any atom is -0.289 e. The van der Waals surface area contributed by atoms with E-state index in [9.17, 15) is 9.18 Å². The number of allylic oxidation sites excluding steroid dienone is 2. The summed E-state index contributed by atoms with van der Waals surface area (Å²) < 4.78 is 12.9. The van der Waals surface area contributed by atoms with Crippen molar-refractivity contribution in [2.45, 2.75) is 19.8 Å². The first-order valence-electron chi connectivity index (χ1n) is 5.19. The van der Waals surface area contributed by atoms with Crippen LogP contribution in [0.5, 0.6) is 0 Å². The molecule has 2 heteroatoms. The summed E-state index contributed by atoms with van der Waals surface area (Å²) in [7, 11) is 0. The highest BCUT2D eigenvalue weighted by Gasteiger charge is 2.21. The highest BCUT2D eigenvalue weighted by Crippen LogP contribution is 2.27. The second kappa shape index (κ2) is 3.97. The molecule has 0 saturated carbocycles. The number of halogens is 1. The predicted molar refractivity (Wildman–Crippen MR) is 57.2 cm³/mol. The quantitative estimate of drug-likeness (QED) is 0.675. The average Bonchev–Trinajstić information content (AvgIpc) is 2.63. The summed E-state index contributed by atoms with van der Waals surface area (Å²) in [4.78, 5) is 12.0. The Hall–Kier alpha value is -1.44. The Morgan fingerprint density at radius 2 is 2.27 bits per heavy atom. The molecule has 0 saturated heterocycles. The fraction of sp³-hybridized carbons (Fsp3) is 0.308. The van der Waals surface area contributed by atoms with E-state index in [-0.39, 0.29) is 11.6 Å². The fourth-order valence-corrected chi connectivity index (χ4v) is 1.96. The summed E-state index contributed by atoms with van der Waals surface area (Å²) in [6.45, 7) is 2.04. The van der Waals surface area contributed by atoms with Gasteiger partial charge in [0.1, 0.15) is 5.82 Å². The van der Waals surface area contributed by atoms with E-state index in [1.165, 1.54) is 12.1 Å². The van der Waals surface area contributed by atoms with Crippen molar-refractivity contribution in [3.63, 3.8) is 0 Å². The van der Waals surface area contributed by atoms with Crippen LogP contribution in [0.1, 0.15) is 30.1 Å². The largest absolute Gasteiger partial charge is 0.289 e. The van der Waals surface area contributed by atoms with E-state index in [2.05, 4.69) is 0 Å². The van der Waals surface area contributed by atoms with Crippen LogP contribution in [0, 0.1) is 11.7 Å². The molecule has 0 aromatic heterocycles. The highest BCUT2D eigenvalue weighted by molar-refractivity contribution is 6.09. The van der Waals surface area contributed by atoms with E-state index in [0.29, 0.717) is 11.5 Å². The number of rotatable bonds is 2. The molecular formula is C13H13FO. The highest BCUT2D eigenvalue weighted by atomic mass is 19.1. The zero-order valence-corrected chi connectivity index (χ0v) is 8.66. The van der Waals surface area contributed by atoms with E-state index in [1.807, 2.05) is 13.0 Å². The monoisotopic (exact) mass is 204 g/mol. The summed E-state index contributed by atoms with van der Waals surface area (Å²) in [5.74, 6) is -0.0765. The second-order valence-corrected chi connectivity index (χ2v) is 3.98.